The predicted molar refractivity (Wildman–Crippen MR) is 250 cm³/mol. The predicted octanol–water partition coefficient (Wildman–Crippen LogP) is 12.6. The summed E-state index contributed by atoms with van der Waals surface area (Å²) in [7, 11) is 0. The van der Waals surface area contributed by atoms with E-state index in [1.807, 2.05) is 48.8 Å². The molecule has 62 heavy (non-hydrogen) atoms. The van der Waals surface area contributed by atoms with E-state index in [9.17, 15) is 0 Å². The summed E-state index contributed by atoms with van der Waals surface area (Å²) in [6.07, 6.45) is 3.78. The summed E-state index contributed by atoms with van der Waals surface area (Å²) in [5, 5.41) is 0. The molecule has 8 heteroatoms. The molecule has 0 amide bonds. The van der Waals surface area contributed by atoms with E-state index in [0.29, 0.717) is 5.82 Å². The molecule has 290 valence electrons. The van der Waals surface area contributed by atoms with Gasteiger partial charge in [0.2, 0.25) is 11.6 Å². The summed E-state index contributed by atoms with van der Waals surface area (Å²) in [6.45, 7) is 0. The van der Waals surface area contributed by atoms with Crippen LogP contribution in [0, 0.1) is 0 Å². The van der Waals surface area contributed by atoms with Crippen molar-refractivity contribution < 1.29 is 0 Å². The lowest BCUT2D eigenvalue weighted by molar-refractivity contribution is 1.05. The molecule has 0 aliphatic rings. The maximum Gasteiger partial charge on any atom is 0.220 e. The monoisotopic (exact) mass is 794 g/mol. The molecule has 0 unspecified atom stereocenters. The first kappa shape index (κ1) is 34.3. The van der Waals surface area contributed by atoms with Crippen molar-refractivity contribution in [2.75, 3.05) is 0 Å². The quantitative estimate of drug-likeness (QED) is 0.168. The minimum absolute atomic E-state index is 0.683. The first-order chi connectivity index (χ1) is 30.7. The van der Waals surface area contributed by atoms with Crippen LogP contribution in [0.4, 0.5) is 0 Å². The molecule has 5 heterocycles. The lowest BCUT2D eigenvalue weighted by Crippen LogP contribution is -1.98. The number of hydrogen-bond acceptors (Lipinski definition) is 4. The molecule has 0 N–H and O–H groups in total. The Balaban J connectivity index is 0.960. The van der Waals surface area contributed by atoms with E-state index in [1.54, 1.807) is 0 Å². The molecule has 5 aromatic heterocycles. The Morgan fingerprint density at radius 1 is 0.290 bits per heavy atom. The van der Waals surface area contributed by atoms with Crippen LogP contribution in [0.5, 0.6) is 0 Å². The summed E-state index contributed by atoms with van der Waals surface area (Å²) in [4.78, 5) is 19.9. The van der Waals surface area contributed by atoms with Gasteiger partial charge in [0, 0.05) is 11.3 Å². The van der Waals surface area contributed by atoms with Gasteiger partial charge in [0.25, 0.3) is 0 Å². The highest BCUT2D eigenvalue weighted by molar-refractivity contribution is 5.97. The zero-order chi connectivity index (χ0) is 40.7. The summed E-state index contributed by atoms with van der Waals surface area (Å²) in [5.41, 5.74) is 18.0. The Kier molecular flexibility index (Phi) is 7.43. The van der Waals surface area contributed by atoms with E-state index >= 15 is 0 Å². The van der Waals surface area contributed by atoms with E-state index in [1.165, 1.54) is 11.1 Å². The molecule has 0 bridgehead atoms. The van der Waals surface area contributed by atoms with Crippen molar-refractivity contribution in [3.8, 4) is 56.1 Å². The molecule has 0 aliphatic carbocycles. The first-order valence-corrected chi connectivity index (χ1v) is 20.7. The van der Waals surface area contributed by atoms with Crippen LogP contribution < -0.4 is 0 Å². The van der Waals surface area contributed by atoms with Crippen LogP contribution in [-0.4, -0.2) is 37.9 Å². The van der Waals surface area contributed by atoms with Crippen LogP contribution >= 0.6 is 0 Å². The second kappa shape index (κ2) is 13.5. The highest BCUT2D eigenvalue weighted by Crippen LogP contribution is 2.37. The molecular weight excluding hydrogens is 761 g/mol. The lowest BCUT2D eigenvalue weighted by atomic mass is 10.00. The molecule has 8 nitrogen and oxygen atoms in total. The van der Waals surface area contributed by atoms with E-state index in [0.717, 1.165) is 94.9 Å². The smallest absolute Gasteiger partial charge is 0.220 e. The minimum atomic E-state index is 0.683. The molecule has 0 saturated carbocycles. The number of nitrogens with zero attached hydrogens (tertiary/aromatic N) is 8. The maximum atomic E-state index is 5.23. The third kappa shape index (κ3) is 5.27. The largest absolute Gasteiger partial charge is 0.278 e. The van der Waals surface area contributed by atoms with Gasteiger partial charge in [-0.25, -0.2) is 19.9 Å². The van der Waals surface area contributed by atoms with Crippen molar-refractivity contribution >= 4 is 55.7 Å². The number of fused-ring (bicyclic) bond motifs is 10. The molecule has 0 saturated heterocycles. The standard InChI is InChI=1S/C54H34N8/c1-3-12-35(13-4-1)36-22-24-37(25-23-36)39-16-11-17-42(30-39)59-48-28-26-40(31-50(48)61-46-20-9-7-18-44(46)57-53(59)61)41-27-29-49-51(32-41)62-47-21-10-8-19-45(47)58-54(62)60(49)43-33-55-52(56-34-43)38-14-5-2-6-15-38/h1-34H. The summed E-state index contributed by atoms with van der Waals surface area (Å²) >= 11 is 0. The molecule has 0 atom stereocenters. The van der Waals surface area contributed by atoms with Gasteiger partial charge in [-0.15, -0.1) is 0 Å². The van der Waals surface area contributed by atoms with Crippen LogP contribution in [0.15, 0.2) is 207 Å². The molecule has 0 aliphatic heterocycles. The van der Waals surface area contributed by atoms with E-state index < -0.39 is 0 Å². The zero-order valence-corrected chi connectivity index (χ0v) is 33.2. The average Bonchev–Trinajstić information content (AvgIpc) is 4.08. The van der Waals surface area contributed by atoms with Gasteiger partial charge in [0.15, 0.2) is 5.82 Å². The van der Waals surface area contributed by atoms with Crippen molar-refractivity contribution in [3.63, 3.8) is 0 Å². The summed E-state index contributed by atoms with van der Waals surface area (Å²) < 4.78 is 8.99. The van der Waals surface area contributed by atoms with Crippen molar-refractivity contribution in [1.29, 1.82) is 0 Å². The highest BCUT2D eigenvalue weighted by atomic mass is 15.2. The van der Waals surface area contributed by atoms with Crippen LogP contribution in [0.1, 0.15) is 0 Å². The topological polar surface area (TPSA) is 70.2 Å². The minimum Gasteiger partial charge on any atom is -0.278 e. The average molecular weight is 795 g/mol. The second-order valence-corrected chi connectivity index (χ2v) is 15.7. The normalized spacial score (nSPS) is 11.9. The highest BCUT2D eigenvalue weighted by Gasteiger charge is 2.21. The fourth-order valence-corrected chi connectivity index (χ4v) is 9.15. The second-order valence-electron chi connectivity index (χ2n) is 15.7. The first-order valence-electron chi connectivity index (χ1n) is 20.7. The van der Waals surface area contributed by atoms with E-state index in [4.69, 9.17) is 19.9 Å². The molecular formula is C54H34N8. The van der Waals surface area contributed by atoms with Crippen molar-refractivity contribution in [2.24, 2.45) is 0 Å². The Labute approximate surface area is 354 Å². The number of hydrogen-bond donors (Lipinski definition) is 0. The van der Waals surface area contributed by atoms with Gasteiger partial charge in [0.05, 0.1) is 62.2 Å². The van der Waals surface area contributed by atoms with E-state index in [-0.39, 0.29) is 0 Å². The Morgan fingerprint density at radius 3 is 1.31 bits per heavy atom. The van der Waals surface area contributed by atoms with Crippen molar-refractivity contribution in [1.82, 2.24) is 37.9 Å². The molecule has 0 radical (unpaired) electrons. The third-order valence-electron chi connectivity index (χ3n) is 12.1. The van der Waals surface area contributed by atoms with Crippen molar-refractivity contribution in [3.05, 3.63) is 207 Å². The van der Waals surface area contributed by atoms with Gasteiger partial charge in [-0.2, -0.15) is 0 Å². The SMILES string of the molecule is c1ccc(-c2ccc(-c3cccc(-n4c5ccc(-c6ccc7c(c6)n6c8ccccc8nc6n7-c6cnc(-c7ccccc7)nc6)cc5n5c6ccccc6nc45)c3)cc2)cc1. The number of rotatable bonds is 6. The van der Waals surface area contributed by atoms with Crippen molar-refractivity contribution in [2.45, 2.75) is 0 Å². The fourth-order valence-electron chi connectivity index (χ4n) is 9.15. The molecule has 13 rings (SSSR count). The number of para-hydroxylation sites is 4. The summed E-state index contributed by atoms with van der Waals surface area (Å²) in [6, 6.07) is 68.3. The van der Waals surface area contributed by atoms with Gasteiger partial charge >= 0.3 is 0 Å². The number of benzene rings is 8. The molecule has 8 aromatic carbocycles. The Hall–Kier alpha value is -8.62. The van der Waals surface area contributed by atoms with E-state index in [2.05, 4.69) is 176 Å². The third-order valence-corrected chi connectivity index (χ3v) is 12.1. The maximum absolute atomic E-state index is 5.23. The zero-order valence-electron chi connectivity index (χ0n) is 33.2. The van der Waals surface area contributed by atoms with Gasteiger partial charge in [0.1, 0.15) is 0 Å². The fraction of sp³-hybridized carbons (Fsp3) is 0. The molecule has 0 fully saturated rings. The van der Waals surface area contributed by atoms with Crippen LogP contribution in [-0.2, 0) is 0 Å². The molecule has 0 spiro atoms. The van der Waals surface area contributed by atoms with Gasteiger partial charge in [-0.05, 0) is 94.0 Å². The van der Waals surface area contributed by atoms with Crippen LogP contribution in [0.2, 0.25) is 0 Å². The number of aromatic nitrogens is 8. The Morgan fingerprint density at radius 2 is 0.726 bits per heavy atom. The van der Waals surface area contributed by atoms with Crippen LogP contribution in [0.3, 0.4) is 0 Å². The lowest BCUT2D eigenvalue weighted by Gasteiger charge is -2.10. The van der Waals surface area contributed by atoms with Gasteiger partial charge in [-0.1, -0.05) is 133 Å². The number of imidazole rings is 4. The van der Waals surface area contributed by atoms with Crippen LogP contribution in [0.25, 0.3) is 112 Å². The Bertz CT molecular complexity index is 3840. The van der Waals surface area contributed by atoms with Gasteiger partial charge in [-0.3, -0.25) is 17.9 Å². The summed E-state index contributed by atoms with van der Waals surface area (Å²) in [5.74, 6) is 2.36. The van der Waals surface area contributed by atoms with Gasteiger partial charge < -0.3 is 0 Å². The molecule has 13 aromatic rings.